The lowest BCUT2D eigenvalue weighted by molar-refractivity contribution is 0.194. The zero-order valence-electron chi connectivity index (χ0n) is 8.65. The second-order valence-electron chi connectivity index (χ2n) is 3.87. The van der Waals surface area contributed by atoms with Gasteiger partial charge in [-0.3, -0.25) is 0 Å². The first-order valence-electron chi connectivity index (χ1n) is 5.25. The van der Waals surface area contributed by atoms with Crippen LogP contribution in [0.5, 0.6) is 5.75 Å². The number of hydrogen-bond acceptors (Lipinski definition) is 2. The van der Waals surface area contributed by atoms with E-state index in [9.17, 15) is 0 Å². The Morgan fingerprint density at radius 3 is 3.07 bits per heavy atom. The maximum atomic E-state index is 6.02. The average Bonchev–Trinajstić information content (AvgIpc) is 2.69. The van der Waals surface area contributed by atoms with Gasteiger partial charge in [0.05, 0.1) is 0 Å². The first-order chi connectivity index (χ1) is 7.31. The van der Waals surface area contributed by atoms with Crippen molar-refractivity contribution in [2.45, 2.75) is 31.4 Å². The van der Waals surface area contributed by atoms with Crippen LogP contribution in [0.3, 0.4) is 0 Å². The molecular weight excluding hydrogens is 186 g/mol. The van der Waals surface area contributed by atoms with Crippen LogP contribution in [0.2, 0.25) is 0 Å². The van der Waals surface area contributed by atoms with E-state index in [1.54, 1.807) is 0 Å². The second-order valence-corrected chi connectivity index (χ2v) is 3.87. The summed E-state index contributed by atoms with van der Waals surface area (Å²) in [5, 5.41) is 0. The van der Waals surface area contributed by atoms with Crippen LogP contribution in [0.4, 0.5) is 0 Å². The molecule has 2 N–H and O–H groups in total. The molecule has 0 amide bonds. The molecule has 78 valence electrons. The Labute approximate surface area is 90.4 Å². The van der Waals surface area contributed by atoms with Crippen molar-refractivity contribution < 1.29 is 4.74 Å². The molecule has 0 radical (unpaired) electrons. The molecule has 1 aromatic rings. The molecule has 2 atom stereocenters. The van der Waals surface area contributed by atoms with Crippen LogP contribution < -0.4 is 10.5 Å². The number of nitrogens with two attached hydrogens (primary N) is 1. The van der Waals surface area contributed by atoms with Crippen molar-refractivity contribution in [3.63, 3.8) is 0 Å². The molecule has 2 unspecified atom stereocenters. The number of fused-ring (bicyclic) bond motifs is 1. The van der Waals surface area contributed by atoms with Crippen molar-refractivity contribution in [1.82, 2.24) is 0 Å². The lowest BCUT2D eigenvalue weighted by atomic mass is 10.0. The van der Waals surface area contributed by atoms with Crippen molar-refractivity contribution in [2.75, 3.05) is 0 Å². The predicted octanol–water partition coefficient (Wildman–Crippen LogP) is 1.73. The van der Waals surface area contributed by atoms with E-state index in [1.165, 1.54) is 5.56 Å². The number of hydrogen-bond donors (Lipinski definition) is 1. The van der Waals surface area contributed by atoms with Crippen LogP contribution in [0, 0.1) is 12.3 Å². The minimum absolute atomic E-state index is 0.0356. The summed E-state index contributed by atoms with van der Waals surface area (Å²) >= 11 is 0. The number of terminal acetylenes is 1. The Bertz CT molecular complexity index is 355. The molecule has 0 saturated heterocycles. The maximum absolute atomic E-state index is 6.02. The Balaban J connectivity index is 1.98. The third kappa shape index (κ3) is 2.14. The molecule has 1 heterocycles. The number of ether oxygens (including phenoxy) is 1. The van der Waals surface area contributed by atoms with Crippen molar-refractivity contribution in [1.29, 1.82) is 0 Å². The summed E-state index contributed by atoms with van der Waals surface area (Å²) in [6.45, 7) is 0. The van der Waals surface area contributed by atoms with Crippen LogP contribution in [0.1, 0.15) is 18.4 Å². The summed E-state index contributed by atoms with van der Waals surface area (Å²) in [7, 11) is 0. The molecule has 15 heavy (non-hydrogen) atoms. The Morgan fingerprint density at radius 2 is 2.33 bits per heavy atom. The van der Waals surface area contributed by atoms with Gasteiger partial charge in [-0.2, -0.15) is 0 Å². The molecule has 0 bridgehead atoms. The Morgan fingerprint density at radius 1 is 1.53 bits per heavy atom. The first kappa shape index (κ1) is 10.1. The van der Waals surface area contributed by atoms with Gasteiger partial charge in [-0.05, 0) is 18.1 Å². The van der Waals surface area contributed by atoms with E-state index in [0.717, 1.165) is 25.0 Å². The molecular formula is C13H15NO. The SMILES string of the molecule is C#CCCC(N)C1Cc2ccccc2O1. The lowest BCUT2D eigenvalue weighted by Crippen LogP contribution is -2.37. The van der Waals surface area contributed by atoms with Gasteiger partial charge in [0, 0.05) is 18.9 Å². The molecule has 1 aliphatic heterocycles. The van der Waals surface area contributed by atoms with E-state index in [0.29, 0.717) is 0 Å². The normalized spacial score (nSPS) is 20.1. The van der Waals surface area contributed by atoms with Gasteiger partial charge in [-0.15, -0.1) is 12.3 Å². The molecule has 1 aromatic carbocycles. The molecule has 0 saturated carbocycles. The Kier molecular flexibility index (Phi) is 2.94. The second kappa shape index (κ2) is 4.37. The van der Waals surface area contributed by atoms with Crippen LogP contribution in [0.25, 0.3) is 0 Å². The van der Waals surface area contributed by atoms with E-state index in [-0.39, 0.29) is 12.1 Å². The van der Waals surface area contributed by atoms with Gasteiger partial charge in [0.1, 0.15) is 11.9 Å². The minimum Gasteiger partial charge on any atom is -0.488 e. The highest BCUT2D eigenvalue weighted by Gasteiger charge is 2.27. The molecule has 1 aliphatic rings. The third-order valence-electron chi connectivity index (χ3n) is 2.77. The summed E-state index contributed by atoms with van der Waals surface area (Å²) < 4.78 is 5.77. The molecule has 0 aromatic heterocycles. The van der Waals surface area contributed by atoms with Gasteiger partial charge in [0.2, 0.25) is 0 Å². The maximum Gasteiger partial charge on any atom is 0.123 e. The van der Waals surface area contributed by atoms with E-state index < -0.39 is 0 Å². The minimum atomic E-state index is 0.0356. The molecule has 2 nitrogen and oxygen atoms in total. The van der Waals surface area contributed by atoms with Gasteiger partial charge in [0.15, 0.2) is 0 Å². The fourth-order valence-corrected chi connectivity index (χ4v) is 1.88. The van der Waals surface area contributed by atoms with Crippen LogP contribution >= 0.6 is 0 Å². The number of para-hydroxylation sites is 1. The standard InChI is InChI=1S/C13H15NO/c1-2-3-7-11(14)13-9-10-6-4-5-8-12(10)15-13/h1,4-6,8,11,13H,3,7,9,14H2. The van der Waals surface area contributed by atoms with E-state index in [2.05, 4.69) is 12.0 Å². The van der Waals surface area contributed by atoms with Gasteiger partial charge in [-0.25, -0.2) is 0 Å². The fourth-order valence-electron chi connectivity index (χ4n) is 1.88. The lowest BCUT2D eigenvalue weighted by Gasteiger charge is -2.17. The molecule has 2 heteroatoms. The summed E-state index contributed by atoms with van der Waals surface area (Å²) in [5.74, 6) is 3.58. The topological polar surface area (TPSA) is 35.2 Å². The number of benzene rings is 1. The molecule has 2 rings (SSSR count). The van der Waals surface area contributed by atoms with Gasteiger partial charge in [-0.1, -0.05) is 18.2 Å². The van der Waals surface area contributed by atoms with Gasteiger partial charge < -0.3 is 10.5 Å². The summed E-state index contributed by atoms with van der Waals surface area (Å²) in [6.07, 6.45) is 7.76. The van der Waals surface area contributed by atoms with E-state index >= 15 is 0 Å². The fraction of sp³-hybridized carbons (Fsp3) is 0.385. The monoisotopic (exact) mass is 201 g/mol. The average molecular weight is 201 g/mol. The predicted molar refractivity (Wildman–Crippen MR) is 60.6 cm³/mol. The molecule has 0 aliphatic carbocycles. The summed E-state index contributed by atoms with van der Waals surface area (Å²) in [6, 6.07) is 8.12. The zero-order chi connectivity index (χ0) is 10.7. The largest absolute Gasteiger partial charge is 0.488 e. The van der Waals surface area contributed by atoms with Crippen molar-refractivity contribution in [3.05, 3.63) is 29.8 Å². The van der Waals surface area contributed by atoms with E-state index in [1.807, 2.05) is 18.2 Å². The van der Waals surface area contributed by atoms with Crippen molar-refractivity contribution >= 4 is 0 Å². The van der Waals surface area contributed by atoms with Gasteiger partial charge >= 0.3 is 0 Å². The quantitative estimate of drug-likeness (QED) is 0.756. The Hall–Kier alpha value is -1.46. The molecule has 0 fully saturated rings. The van der Waals surface area contributed by atoms with Crippen LogP contribution in [-0.2, 0) is 6.42 Å². The highest BCUT2D eigenvalue weighted by molar-refractivity contribution is 5.37. The van der Waals surface area contributed by atoms with Gasteiger partial charge in [0.25, 0.3) is 0 Å². The highest BCUT2D eigenvalue weighted by atomic mass is 16.5. The summed E-state index contributed by atoms with van der Waals surface area (Å²) in [4.78, 5) is 0. The van der Waals surface area contributed by atoms with Crippen molar-refractivity contribution in [2.24, 2.45) is 5.73 Å². The van der Waals surface area contributed by atoms with Crippen molar-refractivity contribution in [3.8, 4) is 18.1 Å². The zero-order valence-corrected chi connectivity index (χ0v) is 8.65. The summed E-state index contributed by atoms with van der Waals surface area (Å²) in [5.41, 5.74) is 7.27. The van der Waals surface area contributed by atoms with Crippen LogP contribution in [-0.4, -0.2) is 12.1 Å². The highest BCUT2D eigenvalue weighted by Crippen LogP contribution is 2.29. The third-order valence-corrected chi connectivity index (χ3v) is 2.77. The number of rotatable bonds is 3. The van der Waals surface area contributed by atoms with Crippen LogP contribution in [0.15, 0.2) is 24.3 Å². The first-order valence-corrected chi connectivity index (χ1v) is 5.25. The van der Waals surface area contributed by atoms with E-state index in [4.69, 9.17) is 16.9 Å². The molecule has 0 spiro atoms. The smallest absolute Gasteiger partial charge is 0.123 e.